The number of hydrogen-bond donors (Lipinski definition) is 0. The molecule has 0 nitrogen and oxygen atoms in total. The van der Waals surface area contributed by atoms with Gasteiger partial charge in [0.1, 0.15) is 0 Å². The number of hydrogen-bond acceptors (Lipinski definition) is 0. The molecule has 23 heavy (non-hydrogen) atoms. The Morgan fingerprint density at radius 1 is 0.783 bits per heavy atom. The van der Waals surface area contributed by atoms with Crippen LogP contribution in [0.3, 0.4) is 0 Å². The largest absolute Gasteiger partial charge is 0.0617 e. The molecular formula is C23H32. The Labute approximate surface area is 143 Å². The Balaban J connectivity index is 2.47. The van der Waals surface area contributed by atoms with E-state index in [1.165, 1.54) is 22.3 Å². The first-order chi connectivity index (χ1) is 10.6. The monoisotopic (exact) mass is 308 g/mol. The molecule has 0 saturated carbocycles. The van der Waals surface area contributed by atoms with Crippen LogP contribution in [0.15, 0.2) is 48.5 Å². The molecular weight excluding hydrogens is 276 g/mol. The SMILES string of the molecule is Cc1cccc(CC(c2cccc(C)c2)C(C)(C)C(C)(C)C)c1. The minimum atomic E-state index is 0.199. The molecule has 0 N–H and O–H groups in total. The van der Waals surface area contributed by atoms with Crippen molar-refractivity contribution in [3.63, 3.8) is 0 Å². The topological polar surface area (TPSA) is 0 Å². The van der Waals surface area contributed by atoms with Gasteiger partial charge < -0.3 is 0 Å². The van der Waals surface area contributed by atoms with Crippen LogP contribution in [-0.4, -0.2) is 0 Å². The quantitative estimate of drug-likeness (QED) is 0.589. The van der Waals surface area contributed by atoms with Gasteiger partial charge in [-0.2, -0.15) is 0 Å². The Kier molecular flexibility index (Phi) is 5.04. The van der Waals surface area contributed by atoms with E-state index in [4.69, 9.17) is 0 Å². The molecule has 0 saturated heterocycles. The summed E-state index contributed by atoms with van der Waals surface area (Å²) >= 11 is 0. The predicted octanol–water partition coefficient (Wildman–Crippen LogP) is 6.70. The van der Waals surface area contributed by atoms with Crippen LogP contribution in [0.25, 0.3) is 0 Å². The average molecular weight is 309 g/mol. The van der Waals surface area contributed by atoms with Crippen molar-refractivity contribution in [2.24, 2.45) is 10.8 Å². The number of rotatable bonds is 4. The van der Waals surface area contributed by atoms with Gasteiger partial charge in [-0.15, -0.1) is 0 Å². The summed E-state index contributed by atoms with van der Waals surface area (Å²) in [6.07, 6.45) is 1.09. The van der Waals surface area contributed by atoms with E-state index in [1.807, 2.05) is 0 Å². The predicted molar refractivity (Wildman–Crippen MR) is 102 cm³/mol. The lowest BCUT2D eigenvalue weighted by Gasteiger charge is -2.46. The van der Waals surface area contributed by atoms with Crippen molar-refractivity contribution in [1.82, 2.24) is 0 Å². The normalized spacial score (nSPS) is 13.9. The Morgan fingerprint density at radius 3 is 1.87 bits per heavy atom. The van der Waals surface area contributed by atoms with Gasteiger partial charge in [0.25, 0.3) is 0 Å². The minimum absolute atomic E-state index is 0.199. The molecule has 0 spiro atoms. The van der Waals surface area contributed by atoms with E-state index < -0.39 is 0 Å². The van der Waals surface area contributed by atoms with E-state index in [1.54, 1.807) is 0 Å². The van der Waals surface area contributed by atoms with Gasteiger partial charge >= 0.3 is 0 Å². The second-order valence-corrected chi connectivity index (χ2v) is 8.63. The highest BCUT2D eigenvalue weighted by Crippen LogP contribution is 2.50. The second kappa shape index (κ2) is 6.51. The Hall–Kier alpha value is -1.56. The van der Waals surface area contributed by atoms with Crippen molar-refractivity contribution in [2.75, 3.05) is 0 Å². The highest BCUT2D eigenvalue weighted by atomic mass is 14.4. The number of aryl methyl sites for hydroxylation is 2. The lowest BCUT2D eigenvalue weighted by atomic mass is 9.59. The summed E-state index contributed by atoms with van der Waals surface area (Å²) in [5, 5.41) is 0. The first kappa shape index (κ1) is 17.8. The van der Waals surface area contributed by atoms with Crippen LogP contribution >= 0.6 is 0 Å². The van der Waals surface area contributed by atoms with Gasteiger partial charge in [-0.05, 0) is 48.1 Å². The average Bonchev–Trinajstić information content (AvgIpc) is 2.43. The van der Waals surface area contributed by atoms with Crippen molar-refractivity contribution < 1.29 is 0 Å². The third-order valence-corrected chi connectivity index (χ3v) is 5.77. The van der Waals surface area contributed by atoms with E-state index in [-0.39, 0.29) is 10.8 Å². The van der Waals surface area contributed by atoms with Gasteiger partial charge in [0.2, 0.25) is 0 Å². The van der Waals surface area contributed by atoms with E-state index in [0.717, 1.165) is 6.42 Å². The standard InChI is InChI=1S/C23H32/c1-17-10-8-12-19(14-17)16-21(23(6,7)22(3,4)5)20-13-9-11-18(2)15-20/h8-15,21H,16H2,1-7H3. The molecule has 2 aromatic carbocycles. The Morgan fingerprint density at radius 2 is 1.35 bits per heavy atom. The van der Waals surface area contributed by atoms with E-state index in [2.05, 4.69) is 97.0 Å². The molecule has 0 bridgehead atoms. The third kappa shape index (κ3) is 4.05. The van der Waals surface area contributed by atoms with Gasteiger partial charge in [0, 0.05) is 0 Å². The molecule has 0 fully saturated rings. The summed E-state index contributed by atoms with van der Waals surface area (Å²) < 4.78 is 0. The molecule has 0 amide bonds. The molecule has 0 aromatic heterocycles. The van der Waals surface area contributed by atoms with Gasteiger partial charge in [-0.3, -0.25) is 0 Å². The molecule has 2 aromatic rings. The van der Waals surface area contributed by atoms with Crippen molar-refractivity contribution in [2.45, 2.75) is 60.8 Å². The van der Waals surface area contributed by atoms with Crippen LogP contribution in [0.4, 0.5) is 0 Å². The van der Waals surface area contributed by atoms with Gasteiger partial charge in [-0.1, -0.05) is 94.3 Å². The molecule has 1 atom stereocenters. The summed E-state index contributed by atoms with van der Waals surface area (Å²) in [7, 11) is 0. The fourth-order valence-electron chi connectivity index (χ4n) is 3.27. The fraction of sp³-hybridized carbons (Fsp3) is 0.478. The molecule has 0 aliphatic rings. The van der Waals surface area contributed by atoms with Crippen LogP contribution in [0.5, 0.6) is 0 Å². The van der Waals surface area contributed by atoms with Crippen molar-refractivity contribution in [3.8, 4) is 0 Å². The van der Waals surface area contributed by atoms with Crippen molar-refractivity contribution in [1.29, 1.82) is 0 Å². The molecule has 0 aliphatic carbocycles. The smallest absolute Gasteiger partial charge is 0.00651 e. The third-order valence-electron chi connectivity index (χ3n) is 5.77. The van der Waals surface area contributed by atoms with Gasteiger partial charge in [0.15, 0.2) is 0 Å². The lowest BCUT2D eigenvalue weighted by molar-refractivity contribution is 0.0935. The maximum atomic E-state index is 2.43. The van der Waals surface area contributed by atoms with Crippen LogP contribution in [0.1, 0.15) is 62.8 Å². The van der Waals surface area contributed by atoms with Gasteiger partial charge in [-0.25, -0.2) is 0 Å². The zero-order valence-corrected chi connectivity index (χ0v) is 15.9. The zero-order chi connectivity index (χ0) is 17.3. The Bertz CT molecular complexity index is 656. The maximum Gasteiger partial charge on any atom is -0.00651 e. The van der Waals surface area contributed by atoms with Crippen LogP contribution < -0.4 is 0 Å². The van der Waals surface area contributed by atoms with E-state index >= 15 is 0 Å². The molecule has 0 radical (unpaired) electrons. The van der Waals surface area contributed by atoms with E-state index in [0.29, 0.717) is 5.92 Å². The van der Waals surface area contributed by atoms with Crippen LogP contribution in [0.2, 0.25) is 0 Å². The summed E-state index contributed by atoms with van der Waals surface area (Å²) in [6.45, 7) is 16.3. The lowest BCUT2D eigenvalue weighted by Crippen LogP contribution is -2.37. The molecule has 2 rings (SSSR count). The van der Waals surface area contributed by atoms with Gasteiger partial charge in [0.05, 0.1) is 0 Å². The van der Waals surface area contributed by atoms with Crippen LogP contribution in [-0.2, 0) is 6.42 Å². The first-order valence-electron chi connectivity index (χ1n) is 8.73. The highest BCUT2D eigenvalue weighted by Gasteiger charge is 2.40. The molecule has 0 heteroatoms. The summed E-state index contributed by atoms with van der Waals surface area (Å²) in [5.74, 6) is 0.504. The number of benzene rings is 2. The van der Waals surface area contributed by atoms with Crippen molar-refractivity contribution >= 4 is 0 Å². The zero-order valence-electron chi connectivity index (χ0n) is 15.9. The fourth-order valence-corrected chi connectivity index (χ4v) is 3.27. The summed E-state index contributed by atoms with van der Waals surface area (Å²) in [4.78, 5) is 0. The molecule has 0 aliphatic heterocycles. The summed E-state index contributed by atoms with van der Waals surface area (Å²) in [5.41, 5.74) is 6.04. The molecule has 0 heterocycles. The minimum Gasteiger partial charge on any atom is -0.0617 e. The molecule has 124 valence electrons. The van der Waals surface area contributed by atoms with Crippen LogP contribution in [0, 0.1) is 24.7 Å². The maximum absolute atomic E-state index is 2.43. The van der Waals surface area contributed by atoms with E-state index in [9.17, 15) is 0 Å². The van der Waals surface area contributed by atoms with Crippen molar-refractivity contribution in [3.05, 3.63) is 70.8 Å². The first-order valence-corrected chi connectivity index (χ1v) is 8.73. The second-order valence-electron chi connectivity index (χ2n) is 8.63. The highest BCUT2D eigenvalue weighted by molar-refractivity contribution is 5.31. The summed E-state index contributed by atoms with van der Waals surface area (Å²) in [6, 6.07) is 18.0. The molecule has 1 unspecified atom stereocenters.